The van der Waals surface area contributed by atoms with Gasteiger partial charge in [-0.15, -0.1) is 11.8 Å². The van der Waals surface area contributed by atoms with E-state index in [2.05, 4.69) is 12.2 Å². The van der Waals surface area contributed by atoms with E-state index in [4.69, 9.17) is 12.2 Å². The predicted molar refractivity (Wildman–Crippen MR) is 42.5 cm³/mol. The molecule has 0 aromatic heterocycles. The van der Waals surface area contributed by atoms with E-state index in [1.807, 2.05) is 11.8 Å². The highest BCUT2D eigenvalue weighted by Gasteiger charge is 2.12. The van der Waals surface area contributed by atoms with Crippen LogP contribution in [0, 0.1) is 0 Å². The van der Waals surface area contributed by atoms with Gasteiger partial charge in [0.15, 0.2) is 0 Å². The molecule has 1 heterocycles. The largest absolute Gasteiger partial charge is 0.378 e. The fraction of sp³-hybridized carbons (Fsp3) is 0.800. The van der Waals surface area contributed by atoms with Crippen molar-refractivity contribution < 1.29 is 0 Å². The first-order valence-corrected chi connectivity index (χ1v) is 4.16. The van der Waals surface area contributed by atoms with Gasteiger partial charge in [0.2, 0.25) is 0 Å². The lowest BCUT2D eigenvalue weighted by Crippen LogP contribution is -2.35. The molecule has 1 N–H and O–H groups in total. The summed E-state index contributed by atoms with van der Waals surface area (Å²) in [7, 11) is 0. The molecule has 1 unspecified atom stereocenters. The van der Waals surface area contributed by atoms with Gasteiger partial charge in [-0.1, -0.05) is 12.2 Å². The lowest BCUT2D eigenvalue weighted by molar-refractivity contribution is 0.946. The number of hydrogen-bond donors (Lipinski definition) is 1. The maximum atomic E-state index is 5.00. The SMILES string of the molecule is CC1SCCNC1=S. The topological polar surface area (TPSA) is 12.0 Å². The van der Waals surface area contributed by atoms with Crippen molar-refractivity contribution in [1.82, 2.24) is 5.32 Å². The third-order valence-electron chi connectivity index (χ3n) is 1.14. The van der Waals surface area contributed by atoms with Crippen LogP contribution in [0.4, 0.5) is 0 Å². The highest BCUT2D eigenvalue weighted by atomic mass is 32.2. The lowest BCUT2D eigenvalue weighted by atomic mass is 10.4. The summed E-state index contributed by atoms with van der Waals surface area (Å²) in [5.74, 6) is 1.20. The summed E-state index contributed by atoms with van der Waals surface area (Å²) in [5, 5.41) is 3.68. The van der Waals surface area contributed by atoms with Gasteiger partial charge < -0.3 is 5.32 Å². The van der Waals surface area contributed by atoms with Gasteiger partial charge in [-0.05, 0) is 6.92 Å². The van der Waals surface area contributed by atoms with Gasteiger partial charge in [0.1, 0.15) is 0 Å². The molecule has 1 aliphatic rings. The van der Waals surface area contributed by atoms with Crippen LogP contribution in [0.1, 0.15) is 6.92 Å². The van der Waals surface area contributed by atoms with Crippen molar-refractivity contribution in [3.05, 3.63) is 0 Å². The molecule has 1 rings (SSSR count). The highest BCUT2D eigenvalue weighted by molar-refractivity contribution is 8.01. The molecule has 46 valence electrons. The van der Waals surface area contributed by atoms with Gasteiger partial charge in [0.25, 0.3) is 0 Å². The molecule has 0 saturated carbocycles. The van der Waals surface area contributed by atoms with Crippen molar-refractivity contribution >= 4 is 29.0 Å². The molecular weight excluding hydrogens is 138 g/mol. The van der Waals surface area contributed by atoms with Crippen molar-refractivity contribution in [1.29, 1.82) is 0 Å². The van der Waals surface area contributed by atoms with E-state index in [0.717, 1.165) is 11.5 Å². The van der Waals surface area contributed by atoms with Crippen LogP contribution in [0.15, 0.2) is 0 Å². The Morgan fingerprint density at radius 1 is 1.88 bits per heavy atom. The van der Waals surface area contributed by atoms with Crippen molar-refractivity contribution in [3.8, 4) is 0 Å². The number of thiocarbonyl (C=S) groups is 1. The highest BCUT2D eigenvalue weighted by Crippen LogP contribution is 2.13. The third-order valence-corrected chi connectivity index (χ3v) is 2.96. The Balaban J connectivity index is 2.39. The van der Waals surface area contributed by atoms with Crippen molar-refractivity contribution in [2.45, 2.75) is 12.2 Å². The minimum atomic E-state index is 0.541. The second-order valence-electron chi connectivity index (χ2n) is 1.80. The molecular formula is C5H9NS2. The monoisotopic (exact) mass is 147 g/mol. The molecule has 1 atom stereocenters. The summed E-state index contributed by atoms with van der Waals surface area (Å²) in [6.07, 6.45) is 0. The van der Waals surface area contributed by atoms with Crippen molar-refractivity contribution in [2.24, 2.45) is 0 Å². The van der Waals surface area contributed by atoms with Crippen LogP contribution < -0.4 is 5.32 Å². The van der Waals surface area contributed by atoms with Gasteiger partial charge in [0, 0.05) is 12.3 Å². The fourth-order valence-corrected chi connectivity index (χ4v) is 1.74. The van der Waals surface area contributed by atoms with Crippen LogP contribution in [0.2, 0.25) is 0 Å². The van der Waals surface area contributed by atoms with Crippen molar-refractivity contribution in [2.75, 3.05) is 12.3 Å². The first-order chi connectivity index (χ1) is 3.80. The Labute approximate surface area is 59.2 Å². The zero-order valence-corrected chi connectivity index (χ0v) is 6.44. The summed E-state index contributed by atoms with van der Waals surface area (Å²) in [6, 6.07) is 0. The van der Waals surface area contributed by atoms with E-state index in [0.29, 0.717) is 5.25 Å². The molecule has 1 fully saturated rings. The van der Waals surface area contributed by atoms with E-state index in [-0.39, 0.29) is 0 Å². The minimum absolute atomic E-state index is 0.541. The Kier molecular flexibility index (Phi) is 2.14. The first-order valence-electron chi connectivity index (χ1n) is 2.70. The average Bonchev–Trinajstić information content (AvgIpc) is 1.77. The van der Waals surface area contributed by atoms with Crippen LogP contribution in [0.5, 0.6) is 0 Å². The Morgan fingerprint density at radius 3 is 3.00 bits per heavy atom. The molecule has 0 aromatic rings. The number of rotatable bonds is 0. The second-order valence-corrected chi connectivity index (χ2v) is 3.69. The van der Waals surface area contributed by atoms with Crippen LogP contribution in [0.25, 0.3) is 0 Å². The van der Waals surface area contributed by atoms with E-state index in [1.54, 1.807) is 0 Å². The van der Waals surface area contributed by atoms with E-state index < -0.39 is 0 Å². The minimum Gasteiger partial charge on any atom is -0.378 e. The van der Waals surface area contributed by atoms with E-state index in [1.165, 1.54) is 5.75 Å². The molecule has 1 saturated heterocycles. The molecule has 3 heteroatoms. The molecule has 0 spiro atoms. The maximum absolute atomic E-state index is 5.00. The van der Waals surface area contributed by atoms with Gasteiger partial charge in [-0.25, -0.2) is 0 Å². The quantitative estimate of drug-likeness (QED) is 0.514. The molecule has 0 amide bonds. The summed E-state index contributed by atoms with van der Waals surface area (Å²) in [4.78, 5) is 1.02. The molecule has 1 aliphatic heterocycles. The predicted octanol–water partition coefficient (Wildman–Crippen LogP) is 1.04. The summed E-state index contributed by atoms with van der Waals surface area (Å²) in [6.45, 7) is 3.19. The smallest absolute Gasteiger partial charge is 0.0882 e. The van der Waals surface area contributed by atoms with E-state index >= 15 is 0 Å². The van der Waals surface area contributed by atoms with Crippen LogP contribution in [-0.2, 0) is 0 Å². The molecule has 1 nitrogen and oxygen atoms in total. The summed E-state index contributed by atoms with van der Waals surface area (Å²) < 4.78 is 0. The Morgan fingerprint density at radius 2 is 2.62 bits per heavy atom. The third kappa shape index (κ3) is 1.36. The van der Waals surface area contributed by atoms with Gasteiger partial charge >= 0.3 is 0 Å². The molecule has 0 bridgehead atoms. The number of nitrogens with one attached hydrogen (secondary N) is 1. The molecule has 8 heavy (non-hydrogen) atoms. The normalized spacial score (nSPS) is 29.6. The fourth-order valence-electron chi connectivity index (χ4n) is 0.629. The van der Waals surface area contributed by atoms with Gasteiger partial charge in [-0.3, -0.25) is 0 Å². The second kappa shape index (κ2) is 2.69. The average molecular weight is 147 g/mol. The first kappa shape index (κ1) is 6.36. The van der Waals surface area contributed by atoms with Crippen LogP contribution in [-0.4, -0.2) is 22.5 Å². The number of hydrogen-bond acceptors (Lipinski definition) is 2. The standard InChI is InChI=1S/C5H9NS2/c1-4-5(7)6-2-3-8-4/h4H,2-3H2,1H3,(H,6,7). The zero-order valence-electron chi connectivity index (χ0n) is 4.81. The zero-order chi connectivity index (χ0) is 5.98. The van der Waals surface area contributed by atoms with Crippen LogP contribution >= 0.6 is 24.0 Å². The van der Waals surface area contributed by atoms with Gasteiger partial charge in [0.05, 0.1) is 10.2 Å². The van der Waals surface area contributed by atoms with E-state index in [9.17, 15) is 0 Å². The summed E-state index contributed by atoms with van der Waals surface area (Å²) >= 11 is 6.92. The Hall–Kier alpha value is 0.240. The maximum Gasteiger partial charge on any atom is 0.0882 e. The summed E-state index contributed by atoms with van der Waals surface area (Å²) in [5.41, 5.74) is 0. The molecule has 0 aliphatic carbocycles. The van der Waals surface area contributed by atoms with Crippen LogP contribution in [0.3, 0.4) is 0 Å². The van der Waals surface area contributed by atoms with Gasteiger partial charge in [-0.2, -0.15) is 0 Å². The molecule has 0 aromatic carbocycles. The number of thioether (sulfide) groups is 1. The lowest BCUT2D eigenvalue weighted by Gasteiger charge is -2.19. The molecule has 0 radical (unpaired) electrons. The Bertz CT molecular complexity index is 103. The van der Waals surface area contributed by atoms with Crippen molar-refractivity contribution in [3.63, 3.8) is 0 Å².